The normalized spacial score (nSPS) is 15.2. The molecule has 1 aliphatic carbocycles. The maximum atomic E-state index is 4.34. The number of nitrogens with one attached hydrogen (secondary N) is 2. The molecule has 0 bridgehead atoms. The predicted octanol–water partition coefficient (Wildman–Crippen LogP) is 3.43. The Kier molecular flexibility index (Phi) is 7.68. The Balaban J connectivity index is 0.00000225. The van der Waals surface area contributed by atoms with Crippen molar-refractivity contribution in [1.29, 1.82) is 0 Å². The van der Waals surface area contributed by atoms with E-state index >= 15 is 0 Å². The van der Waals surface area contributed by atoms with Crippen molar-refractivity contribution in [1.82, 2.24) is 15.6 Å². The van der Waals surface area contributed by atoms with Gasteiger partial charge in [0.15, 0.2) is 5.96 Å². The van der Waals surface area contributed by atoms with Gasteiger partial charge in [0.25, 0.3) is 0 Å². The smallest absolute Gasteiger partial charge is 0.191 e. The molecule has 1 saturated carbocycles. The minimum absolute atomic E-state index is 0. The molecule has 1 aromatic heterocycles. The summed E-state index contributed by atoms with van der Waals surface area (Å²) in [6.07, 6.45) is 6.46. The van der Waals surface area contributed by atoms with Crippen molar-refractivity contribution in [2.75, 3.05) is 20.1 Å². The summed E-state index contributed by atoms with van der Waals surface area (Å²) in [5.41, 5.74) is 2.93. The Bertz CT molecular complexity index is 654. The second-order valence-corrected chi connectivity index (χ2v) is 6.59. The lowest BCUT2D eigenvalue weighted by Gasteiger charge is -2.18. The summed E-state index contributed by atoms with van der Waals surface area (Å²) in [4.78, 5) is 8.67. The number of hydrogen-bond donors (Lipinski definition) is 2. The second-order valence-electron chi connectivity index (χ2n) is 6.59. The first-order valence-electron chi connectivity index (χ1n) is 8.68. The molecule has 0 aliphatic heterocycles. The van der Waals surface area contributed by atoms with Gasteiger partial charge in [-0.1, -0.05) is 36.4 Å². The molecule has 1 aromatic carbocycles. The quantitative estimate of drug-likeness (QED) is 0.386. The van der Waals surface area contributed by atoms with E-state index in [4.69, 9.17) is 0 Å². The Hall–Kier alpha value is -1.63. The van der Waals surface area contributed by atoms with Crippen LogP contribution in [0.25, 0.3) is 0 Å². The van der Waals surface area contributed by atoms with Crippen LogP contribution in [0.4, 0.5) is 0 Å². The number of aliphatic imine (C=N–C) groups is 1. The van der Waals surface area contributed by atoms with Gasteiger partial charge in [-0.05, 0) is 42.4 Å². The summed E-state index contributed by atoms with van der Waals surface area (Å²) in [5.74, 6) is 0.880. The summed E-state index contributed by atoms with van der Waals surface area (Å²) < 4.78 is 0. The number of guanidine groups is 1. The van der Waals surface area contributed by atoms with E-state index in [0.717, 1.165) is 37.6 Å². The fraction of sp³-hybridized carbons (Fsp3) is 0.400. The molecule has 1 aliphatic rings. The zero-order valence-corrected chi connectivity index (χ0v) is 17.1. The van der Waals surface area contributed by atoms with Gasteiger partial charge in [-0.3, -0.25) is 9.98 Å². The molecule has 0 spiro atoms. The van der Waals surface area contributed by atoms with Crippen molar-refractivity contribution >= 4 is 29.9 Å². The van der Waals surface area contributed by atoms with E-state index in [9.17, 15) is 0 Å². The minimum Gasteiger partial charge on any atom is -0.356 e. The van der Waals surface area contributed by atoms with Crippen LogP contribution in [-0.2, 0) is 12.8 Å². The van der Waals surface area contributed by atoms with Crippen molar-refractivity contribution in [2.45, 2.75) is 25.7 Å². The van der Waals surface area contributed by atoms with Crippen LogP contribution in [0.1, 0.15) is 24.1 Å². The van der Waals surface area contributed by atoms with Gasteiger partial charge in [0, 0.05) is 38.4 Å². The third kappa shape index (κ3) is 6.30. The van der Waals surface area contributed by atoms with Gasteiger partial charge in [-0.25, -0.2) is 0 Å². The number of rotatable bonds is 7. The number of benzene rings is 1. The van der Waals surface area contributed by atoms with E-state index in [2.05, 4.69) is 57.0 Å². The highest BCUT2D eigenvalue weighted by Gasteiger charge is 2.42. The average molecular weight is 450 g/mol. The van der Waals surface area contributed by atoms with E-state index in [1.165, 1.54) is 18.4 Å². The lowest BCUT2D eigenvalue weighted by atomic mass is 9.96. The van der Waals surface area contributed by atoms with Crippen LogP contribution in [0.15, 0.2) is 59.7 Å². The first kappa shape index (κ1) is 19.7. The Labute approximate surface area is 167 Å². The number of halogens is 1. The van der Waals surface area contributed by atoms with Crippen molar-refractivity contribution in [3.8, 4) is 0 Å². The van der Waals surface area contributed by atoms with Crippen molar-refractivity contribution in [2.24, 2.45) is 10.4 Å². The molecule has 0 atom stereocenters. The summed E-state index contributed by atoms with van der Waals surface area (Å²) in [6.45, 7) is 1.81. The average Bonchev–Trinajstić information content (AvgIpc) is 3.39. The largest absolute Gasteiger partial charge is 0.356 e. The molecule has 2 aromatic rings. The van der Waals surface area contributed by atoms with Gasteiger partial charge >= 0.3 is 0 Å². The van der Waals surface area contributed by atoms with E-state index < -0.39 is 0 Å². The second kappa shape index (κ2) is 9.75. The van der Waals surface area contributed by atoms with Crippen LogP contribution < -0.4 is 10.6 Å². The van der Waals surface area contributed by atoms with Crippen LogP contribution in [0.2, 0.25) is 0 Å². The van der Waals surface area contributed by atoms with E-state index in [1.54, 1.807) is 0 Å². The Morgan fingerprint density at radius 1 is 1.08 bits per heavy atom. The lowest BCUT2D eigenvalue weighted by Crippen LogP contribution is -2.41. The highest BCUT2D eigenvalue weighted by molar-refractivity contribution is 14.0. The molecule has 1 heterocycles. The number of nitrogens with zero attached hydrogens (tertiary/aromatic N) is 2. The molecular formula is C20H27IN4. The van der Waals surface area contributed by atoms with Gasteiger partial charge in [0.2, 0.25) is 0 Å². The van der Waals surface area contributed by atoms with Crippen LogP contribution >= 0.6 is 24.0 Å². The van der Waals surface area contributed by atoms with Crippen LogP contribution in [0, 0.1) is 5.41 Å². The highest BCUT2D eigenvalue weighted by Crippen LogP contribution is 2.47. The van der Waals surface area contributed by atoms with Crippen LogP contribution in [0.3, 0.4) is 0 Å². The third-order valence-corrected chi connectivity index (χ3v) is 4.63. The molecule has 1 fully saturated rings. The van der Waals surface area contributed by atoms with Crippen LogP contribution in [0.5, 0.6) is 0 Å². The maximum Gasteiger partial charge on any atom is 0.191 e. The summed E-state index contributed by atoms with van der Waals surface area (Å²) in [6, 6.07) is 16.8. The minimum atomic E-state index is 0. The topological polar surface area (TPSA) is 49.3 Å². The number of aromatic nitrogens is 1. The van der Waals surface area contributed by atoms with E-state index in [0.29, 0.717) is 5.41 Å². The van der Waals surface area contributed by atoms with Gasteiger partial charge in [-0.15, -0.1) is 24.0 Å². The van der Waals surface area contributed by atoms with Gasteiger partial charge in [0.1, 0.15) is 0 Å². The number of pyridine rings is 1. The van der Waals surface area contributed by atoms with E-state index in [-0.39, 0.29) is 24.0 Å². The molecule has 5 heteroatoms. The van der Waals surface area contributed by atoms with Crippen LogP contribution in [-0.4, -0.2) is 31.1 Å². The Morgan fingerprint density at radius 2 is 1.84 bits per heavy atom. The first-order valence-corrected chi connectivity index (χ1v) is 8.68. The zero-order valence-electron chi connectivity index (χ0n) is 14.7. The molecule has 134 valence electrons. The lowest BCUT2D eigenvalue weighted by molar-refractivity contribution is 0.492. The molecule has 0 radical (unpaired) electrons. The highest BCUT2D eigenvalue weighted by atomic mass is 127. The first-order chi connectivity index (χ1) is 11.8. The van der Waals surface area contributed by atoms with Crippen molar-refractivity contribution < 1.29 is 0 Å². The van der Waals surface area contributed by atoms with Gasteiger partial charge < -0.3 is 10.6 Å². The summed E-state index contributed by atoms with van der Waals surface area (Å²) in [7, 11) is 1.83. The molecule has 0 unspecified atom stereocenters. The molecule has 2 N–H and O–H groups in total. The monoisotopic (exact) mass is 450 g/mol. The Morgan fingerprint density at radius 3 is 2.48 bits per heavy atom. The zero-order chi connectivity index (χ0) is 16.7. The van der Waals surface area contributed by atoms with Gasteiger partial charge in [0.05, 0.1) is 0 Å². The third-order valence-electron chi connectivity index (χ3n) is 4.63. The fourth-order valence-corrected chi connectivity index (χ4v) is 2.97. The van der Waals surface area contributed by atoms with Gasteiger partial charge in [-0.2, -0.15) is 0 Å². The molecule has 0 amide bonds. The molecule has 3 rings (SSSR count). The van der Waals surface area contributed by atoms with Crippen molar-refractivity contribution in [3.63, 3.8) is 0 Å². The maximum absolute atomic E-state index is 4.34. The fourth-order valence-electron chi connectivity index (χ4n) is 2.97. The number of hydrogen-bond acceptors (Lipinski definition) is 2. The molecule has 4 nitrogen and oxygen atoms in total. The molecule has 0 saturated heterocycles. The SMILES string of the molecule is CN=C(NCCc1ccccn1)NCC1(Cc2ccccc2)CC1.I. The summed E-state index contributed by atoms with van der Waals surface area (Å²) >= 11 is 0. The predicted molar refractivity (Wildman–Crippen MR) is 115 cm³/mol. The summed E-state index contributed by atoms with van der Waals surface area (Å²) in [5, 5.41) is 6.88. The standard InChI is InChI=1S/C20H26N4.HI/c1-21-19(23-14-10-18-9-5-6-13-22-18)24-16-20(11-12-20)15-17-7-3-2-4-8-17;/h2-9,13H,10-12,14-16H2,1H3,(H2,21,23,24);1H. The van der Waals surface area contributed by atoms with E-state index in [1.807, 2.05) is 25.4 Å². The molecular weight excluding hydrogens is 423 g/mol. The van der Waals surface area contributed by atoms with Crippen molar-refractivity contribution in [3.05, 3.63) is 66.0 Å². The molecule has 25 heavy (non-hydrogen) atoms.